The monoisotopic (exact) mass is 522 g/mol. The Labute approximate surface area is 216 Å². The summed E-state index contributed by atoms with van der Waals surface area (Å²) in [7, 11) is 0. The molecule has 0 spiro atoms. The van der Waals surface area contributed by atoms with Crippen LogP contribution >= 0.6 is 0 Å². The normalized spacial score (nSPS) is 11.2. The fourth-order valence-electron chi connectivity index (χ4n) is 3.15. The maximum atomic E-state index is 14.0. The Hall–Kier alpha value is -5.05. The molecule has 194 valence electrons. The number of carbonyl (C=O) groups excluding carboxylic acids is 2. The smallest absolute Gasteiger partial charge is 0.417 e. The molecule has 0 aliphatic heterocycles. The molecule has 0 radical (unpaired) electrons. The number of carbonyl (C=O) groups is 2. The van der Waals surface area contributed by atoms with Crippen LogP contribution in [0.1, 0.15) is 5.56 Å². The molecule has 0 saturated carbocycles. The number of ether oxygens (including phenoxy) is 4. The van der Waals surface area contributed by atoms with Gasteiger partial charge in [0.15, 0.2) is 0 Å². The molecule has 0 aromatic heterocycles. The zero-order valence-corrected chi connectivity index (χ0v) is 19.8. The largest absolute Gasteiger partial charge is 0.462 e. The minimum Gasteiger partial charge on any atom is -0.462 e. The van der Waals surface area contributed by atoms with E-state index in [2.05, 4.69) is 22.6 Å². The highest BCUT2D eigenvalue weighted by molar-refractivity contribution is 5.82. The van der Waals surface area contributed by atoms with Gasteiger partial charge < -0.3 is 18.9 Å². The van der Waals surface area contributed by atoms with Crippen LogP contribution in [0.4, 0.5) is 13.2 Å². The molecule has 0 N–H and O–H groups in total. The number of halogens is 3. The first-order valence-electron chi connectivity index (χ1n) is 10.9. The van der Waals surface area contributed by atoms with E-state index in [1.165, 1.54) is 30.3 Å². The van der Waals surface area contributed by atoms with Gasteiger partial charge in [-0.25, -0.2) is 9.59 Å². The average molecular weight is 522 g/mol. The van der Waals surface area contributed by atoms with Crippen LogP contribution in [-0.2, 0) is 25.2 Å². The van der Waals surface area contributed by atoms with Gasteiger partial charge in [0.25, 0.3) is 0 Å². The molecule has 0 atom stereocenters. The molecule has 3 aromatic carbocycles. The van der Waals surface area contributed by atoms with Crippen LogP contribution < -0.4 is 9.47 Å². The number of hydrogen-bond donors (Lipinski definition) is 0. The Balaban J connectivity index is 1.77. The standard InChI is InChI=1S/C29H21F3O6/c1-3-27(33)37-17-15-35-23-10-5-20(6-11-23)22-9-14-25(26(19-22)29(30,31)32)21-7-12-24(13-8-21)36-16-18-38-28(34)4-2/h3-19H,1-2H2/b17-15-,18-16-. The van der Waals surface area contributed by atoms with Crippen molar-refractivity contribution in [1.29, 1.82) is 0 Å². The lowest BCUT2D eigenvalue weighted by atomic mass is 9.94. The predicted molar refractivity (Wildman–Crippen MR) is 134 cm³/mol. The van der Waals surface area contributed by atoms with E-state index in [1.807, 2.05) is 0 Å². The van der Waals surface area contributed by atoms with Gasteiger partial charge in [0.2, 0.25) is 0 Å². The average Bonchev–Trinajstić information content (AvgIpc) is 2.93. The van der Waals surface area contributed by atoms with Gasteiger partial charge >= 0.3 is 18.1 Å². The van der Waals surface area contributed by atoms with Crippen LogP contribution in [0.5, 0.6) is 11.5 Å². The van der Waals surface area contributed by atoms with Crippen molar-refractivity contribution in [3.05, 3.63) is 123 Å². The first kappa shape index (κ1) is 27.5. The van der Waals surface area contributed by atoms with E-state index in [-0.39, 0.29) is 5.56 Å². The van der Waals surface area contributed by atoms with Gasteiger partial charge in [0.1, 0.15) is 36.5 Å². The Morgan fingerprint density at radius 1 is 0.632 bits per heavy atom. The third kappa shape index (κ3) is 7.72. The van der Waals surface area contributed by atoms with Crippen LogP contribution in [0.3, 0.4) is 0 Å². The van der Waals surface area contributed by atoms with Crippen LogP contribution in [0.25, 0.3) is 22.3 Å². The van der Waals surface area contributed by atoms with Gasteiger partial charge in [-0.15, -0.1) is 0 Å². The molecule has 3 rings (SSSR count). The summed E-state index contributed by atoms with van der Waals surface area (Å²) < 4.78 is 61.8. The molecule has 0 saturated heterocycles. The van der Waals surface area contributed by atoms with Gasteiger partial charge in [0, 0.05) is 12.2 Å². The molecular formula is C29H21F3O6. The molecule has 0 fully saturated rings. The SMILES string of the molecule is C=CC(=O)O/C=C\Oc1ccc(-c2ccc(-c3ccc(O/C=C\OC(=O)C=C)cc3)c(C(F)(F)F)c2)cc1. The Morgan fingerprint density at radius 3 is 1.53 bits per heavy atom. The zero-order chi connectivity index (χ0) is 27.5. The van der Waals surface area contributed by atoms with Gasteiger partial charge in [-0.3, -0.25) is 0 Å². The van der Waals surface area contributed by atoms with Crippen molar-refractivity contribution < 1.29 is 41.7 Å². The maximum Gasteiger partial charge on any atom is 0.417 e. The zero-order valence-electron chi connectivity index (χ0n) is 19.8. The van der Waals surface area contributed by atoms with Gasteiger partial charge in [-0.05, 0) is 52.6 Å². The Kier molecular flexibility index (Phi) is 9.26. The summed E-state index contributed by atoms with van der Waals surface area (Å²) >= 11 is 0. The lowest BCUT2D eigenvalue weighted by molar-refractivity contribution is -0.137. The molecular weight excluding hydrogens is 501 g/mol. The summed E-state index contributed by atoms with van der Waals surface area (Å²) in [6, 6.07) is 16.4. The number of hydrogen-bond acceptors (Lipinski definition) is 6. The first-order chi connectivity index (χ1) is 18.2. The van der Waals surface area contributed by atoms with Gasteiger partial charge in [-0.2, -0.15) is 13.2 Å². The van der Waals surface area contributed by atoms with Crippen LogP contribution in [0, 0.1) is 0 Å². The quantitative estimate of drug-likeness (QED) is 0.159. The van der Waals surface area contributed by atoms with E-state index < -0.39 is 23.7 Å². The minimum atomic E-state index is -4.60. The third-order valence-corrected chi connectivity index (χ3v) is 4.90. The second kappa shape index (κ2) is 12.8. The predicted octanol–water partition coefficient (Wildman–Crippen LogP) is 7.20. The highest BCUT2D eigenvalue weighted by Gasteiger charge is 2.34. The lowest BCUT2D eigenvalue weighted by Gasteiger charge is -2.15. The molecule has 0 unspecified atom stereocenters. The van der Waals surface area contributed by atoms with Crippen molar-refractivity contribution in [1.82, 2.24) is 0 Å². The maximum absolute atomic E-state index is 14.0. The second-order valence-corrected chi connectivity index (χ2v) is 7.37. The fourth-order valence-corrected chi connectivity index (χ4v) is 3.15. The summed E-state index contributed by atoms with van der Waals surface area (Å²) in [6.07, 6.45) is 1.72. The number of alkyl halides is 3. The molecule has 0 aliphatic rings. The second-order valence-electron chi connectivity index (χ2n) is 7.37. The van der Waals surface area contributed by atoms with E-state index in [0.717, 1.165) is 43.3 Å². The van der Waals surface area contributed by atoms with Crippen molar-refractivity contribution in [3.8, 4) is 33.8 Å². The van der Waals surface area contributed by atoms with Gasteiger partial charge in [-0.1, -0.05) is 49.6 Å². The summed E-state index contributed by atoms with van der Waals surface area (Å²) in [5.74, 6) is -0.577. The van der Waals surface area contributed by atoms with E-state index in [0.29, 0.717) is 28.2 Å². The summed E-state index contributed by atoms with van der Waals surface area (Å²) in [6.45, 7) is 6.51. The molecule has 0 bridgehead atoms. The minimum absolute atomic E-state index is 0.00224. The van der Waals surface area contributed by atoms with E-state index in [9.17, 15) is 22.8 Å². The number of esters is 2. The molecule has 6 nitrogen and oxygen atoms in total. The number of rotatable bonds is 10. The van der Waals surface area contributed by atoms with Crippen molar-refractivity contribution >= 4 is 11.9 Å². The van der Waals surface area contributed by atoms with Crippen molar-refractivity contribution in [3.63, 3.8) is 0 Å². The molecule has 0 heterocycles. The van der Waals surface area contributed by atoms with E-state index in [1.54, 1.807) is 30.3 Å². The van der Waals surface area contributed by atoms with Crippen molar-refractivity contribution in [2.24, 2.45) is 0 Å². The molecule has 0 amide bonds. The molecule has 9 heteroatoms. The Morgan fingerprint density at radius 2 is 1.08 bits per heavy atom. The molecule has 3 aromatic rings. The van der Waals surface area contributed by atoms with Crippen molar-refractivity contribution in [2.75, 3.05) is 0 Å². The van der Waals surface area contributed by atoms with Crippen LogP contribution in [-0.4, -0.2) is 11.9 Å². The van der Waals surface area contributed by atoms with E-state index in [4.69, 9.17) is 9.47 Å². The van der Waals surface area contributed by atoms with Gasteiger partial charge in [0.05, 0.1) is 5.56 Å². The van der Waals surface area contributed by atoms with Crippen LogP contribution in [0.2, 0.25) is 0 Å². The molecule has 0 aliphatic carbocycles. The highest BCUT2D eigenvalue weighted by Crippen LogP contribution is 2.40. The van der Waals surface area contributed by atoms with E-state index >= 15 is 0 Å². The first-order valence-corrected chi connectivity index (χ1v) is 10.9. The summed E-state index contributed by atoms with van der Waals surface area (Å²) in [5.41, 5.74) is 0.451. The topological polar surface area (TPSA) is 71.1 Å². The third-order valence-electron chi connectivity index (χ3n) is 4.90. The Bertz CT molecular complexity index is 1350. The number of benzene rings is 3. The summed E-state index contributed by atoms with van der Waals surface area (Å²) in [4.78, 5) is 22.0. The highest BCUT2D eigenvalue weighted by atomic mass is 19.4. The van der Waals surface area contributed by atoms with Crippen molar-refractivity contribution in [2.45, 2.75) is 6.18 Å². The summed E-state index contributed by atoms with van der Waals surface area (Å²) in [5, 5.41) is 0. The van der Waals surface area contributed by atoms with Crippen LogP contribution in [0.15, 0.2) is 117 Å². The fraction of sp³-hybridized carbons (Fsp3) is 0.0345. The molecule has 38 heavy (non-hydrogen) atoms. The lowest BCUT2D eigenvalue weighted by Crippen LogP contribution is -2.07.